The van der Waals surface area contributed by atoms with Crippen LogP contribution in [0, 0.1) is 38.6 Å². The SMILES string of the molecule is O.O.O.O.O.O.[Tb+3]. The Morgan fingerprint density at radius 2 is 0.286 bits per heavy atom. The maximum absolute atomic E-state index is 0. The largest absolute Gasteiger partial charge is 3.00 e. The molecule has 54 valence electrons. The molecule has 0 amide bonds. The quantitative estimate of drug-likeness (QED) is 0.406. The van der Waals surface area contributed by atoms with Gasteiger partial charge in [0.2, 0.25) is 0 Å². The summed E-state index contributed by atoms with van der Waals surface area (Å²) in [6.45, 7) is 0. The molecule has 0 aliphatic heterocycles. The van der Waals surface area contributed by atoms with Gasteiger partial charge in [-0.25, -0.2) is 0 Å². The molecule has 0 saturated heterocycles. The Bertz CT molecular complexity index is 4.14. The van der Waals surface area contributed by atoms with Gasteiger partial charge < -0.3 is 32.9 Å². The minimum Gasteiger partial charge on any atom is -0.412 e. The summed E-state index contributed by atoms with van der Waals surface area (Å²) in [6, 6.07) is 0. The van der Waals surface area contributed by atoms with E-state index < -0.39 is 0 Å². The normalized spacial score (nSPS) is 0. The van der Waals surface area contributed by atoms with Gasteiger partial charge in [-0.3, -0.25) is 0 Å². The van der Waals surface area contributed by atoms with Gasteiger partial charge in [-0.2, -0.15) is 0 Å². The second-order valence-corrected chi connectivity index (χ2v) is 0. The minimum atomic E-state index is 0. The van der Waals surface area contributed by atoms with Crippen LogP contribution in [0.2, 0.25) is 0 Å². The van der Waals surface area contributed by atoms with Crippen LogP contribution in [0.5, 0.6) is 0 Å². The van der Waals surface area contributed by atoms with Crippen LogP contribution >= 0.6 is 0 Å². The fourth-order valence-electron chi connectivity index (χ4n) is 0. The molecule has 0 rings (SSSR count). The van der Waals surface area contributed by atoms with Crippen molar-refractivity contribution in [1.82, 2.24) is 0 Å². The van der Waals surface area contributed by atoms with Crippen molar-refractivity contribution in [3.05, 3.63) is 0 Å². The minimum absolute atomic E-state index is 0. The van der Waals surface area contributed by atoms with Crippen LogP contribution in [0.3, 0.4) is 0 Å². The summed E-state index contributed by atoms with van der Waals surface area (Å²) in [4.78, 5) is 0. The van der Waals surface area contributed by atoms with E-state index in [1.165, 1.54) is 0 Å². The molecular formula is H12O6Tb+3. The van der Waals surface area contributed by atoms with E-state index in [1.807, 2.05) is 0 Å². The molecule has 0 spiro atoms. The zero-order valence-electron chi connectivity index (χ0n) is 3.33. The van der Waals surface area contributed by atoms with Crippen molar-refractivity contribution < 1.29 is 71.5 Å². The smallest absolute Gasteiger partial charge is 0.412 e. The first kappa shape index (κ1) is 365. The van der Waals surface area contributed by atoms with Gasteiger partial charge in [0.05, 0.1) is 0 Å². The molecule has 7 heteroatoms. The molecule has 7 heavy (non-hydrogen) atoms. The van der Waals surface area contributed by atoms with Crippen molar-refractivity contribution in [3.63, 3.8) is 0 Å². The van der Waals surface area contributed by atoms with E-state index in [2.05, 4.69) is 0 Å². The maximum Gasteiger partial charge on any atom is 3.00 e. The average molecular weight is 267 g/mol. The van der Waals surface area contributed by atoms with Gasteiger partial charge in [-0.1, -0.05) is 0 Å². The van der Waals surface area contributed by atoms with Gasteiger partial charge in [-0.15, -0.1) is 0 Å². The number of hydrogen-bond donors (Lipinski definition) is 0. The zero-order chi connectivity index (χ0) is 0. The summed E-state index contributed by atoms with van der Waals surface area (Å²) in [5.74, 6) is 0. The van der Waals surface area contributed by atoms with Gasteiger partial charge >= 0.3 is 38.6 Å². The van der Waals surface area contributed by atoms with Gasteiger partial charge in [0.15, 0.2) is 0 Å². The van der Waals surface area contributed by atoms with Crippen LogP contribution in [-0.4, -0.2) is 32.9 Å². The third-order valence-corrected chi connectivity index (χ3v) is 0. The third kappa shape index (κ3) is 164. The molecule has 0 bridgehead atoms. The Morgan fingerprint density at radius 3 is 0.286 bits per heavy atom. The standard InChI is InChI=1S/6H2O.Tb/h6*1H2;/q;;;;;;+3. The van der Waals surface area contributed by atoms with Crippen molar-refractivity contribution >= 4 is 0 Å². The molecule has 0 aromatic carbocycles. The van der Waals surface area contributed by atoms with Crippen LogP contribution in [0.1, 0.15) is 0 Å². The summed E-state index contributed by atoms with van der Waals surface area (Å²) < 4.78 is 0. The molecular weight excluding hydrogens is 255 g/mol. The Labute approximate surface area is 71.2 Å². The first-order chi connectivity index (χ1) is 0. The molecule has 6 nitrogen and oxygen atoms in total. The van der Waals surface area contributed by atoms with E-state index in [9.17, 15) is 0 Å². The molecule has 0 radical (unpaired) electrons. The summed E-state index contributed by atoms with van der Waals surface area (Å²) >= 11 is 0. The van der Waals surface area contributed by atoms with Crippen LogP contribution in [-0.2, 0) is 0 Å². The topological polar surface area (TPSA) is 189 Å². The zero-order valence-corrected chi connectivity index (χ0v) is 5.47. The summed E-state index contributed by atoms with van der Waals surface area (Å²) in [7, 11) is 0. The second-order valence-electron chi connectivity index (χ2n) is 0. The summed E-state index contributed by atoms with van der Waals surface area (Å²) in [5, 5.41) is 0. The predicted octanol–water partition coefficient (Wildman–Crippen LogP) is -4.95. The molecule has 0 aliphatic carbocycles. The van der Waals surface area contributed by atoms with Crippen molar-refractivity contribution in [2.24, 2.45) is 0 Å². The molecule has 0 aromatic rings. The van der Waals surface area contributed by atoms with E-state index in [0.29, 0.717) is 0 Å². The van der Waals surface area contributed by atoms with Gasteiger partial charge in [0, 0.05) is 0 Å². The van der Waals surface area contributed by atoms with Crippen molar-refractivity contribution in [2.75, 3.05) is 0 Å². The van der Waals surface area contributed by atoms with Crippen LogP contribution in [0.4, 0.5) is 0 Å². The summed E-state index contributed by atoms with van der Waals surface area (Å²) in [6.07, 6.45) is 0. The molecule has 0 heterocycles. The molecule has 0 unspecified atom stereocenters. The van der Waals surface area contributed by atoms with E-state index in [1.54, 1.807) is 0 Å². The molecule has 0 aromatic heterocycles. The third-order valence-electron chi connectivity index (χ3n) is 0. The van der Waals surface area contributed by atoms with E-state index in [4.69, 9.17) is 0 Å². The molecule has 0 atom stereocenters. The van der Waals surface area contributed by atoms with E-state index >= 15 is 0 Å². The molecule has 0 saturated carbocycles. The van der Waals surface area contributed by atoms with Gasteiger partial charge in [0.25, 0.3) is 0 Å². The fourth-order valence-corrected chi connectivity index (χ4v) is 0. The van der Waals surface area contributed by atoms with Crippen molar-refractivity contribution in [3.8, 4) is 0 Å². The van der Waals surface area contributed by atoms with Crippen LogP contribution < -0.4 is 0 Å². The monoisotopic (exact) mass is 267 g/mol. The molecule has 12 N–H and O–H groups in total. The maximum atomic E-state index is 0. The molecule has 0 fully saturated rings. The second kappa shape index (κ2) is 236. The number of rotatable bonds is 0. The van der Waals surface area contributed by atoms with Gasteiger partial charge in [0.1, 0.15) is 0 Å². The first-order valence-electron chi connectivity index (χ1n) is 0. The molecule has 0 aliphatic rings. The summed E-state index contributed by atoms with van der Waals surface area (Å²) in [5.41, 5.74) is 0. The van der Waals surface area contributed by atoms with E-state index in [0.717, 1.165) is 0 Å². The van der Waals surface area contributed by atoms with Gasteiger partial charge in [-0.05, 0) is 0 Å². The average Bonchev–Trinajstić information content (AvgIpc) is 0. The van der Waals surface area contributed by atoms with Crippen LogP contribution in [0.15, 0.2) is 0 Å². The fraction of sp³-hybridized carbons (Fsp3) is 0. The van der Waals surface area contributed by atoms with Crippen molar-refractivity contribution in [1.29, 1.82) is 0 Å². The predicted molar refractivity (Wildman–Crippen MR) is 21.7 cm³/mol. The Morgan fingerprint density at radius 1 is 0.286 bits per heavy atom. The Balaban J connectivity index is 0. The Kier molecular flexibility index (Phi) is 12300. The van der Waals surface area contributed by atoms with Crippen molar-refractivity contribution in [2.45, 2.75) is 0 Å². The van der Waals surface area contributed by atoms with Crippen LogP contribution in [0.25, 0.3) is 0 Å². The Hall–Kier alpha value is 1.05. The number of hydrogen-bond acceptors (Lipinski definition) is 0. The van der Waals surface area contributed by atoms with E-state index in [-0.39, 0.29) is 71.5 Å². The first-order valence-corrected chi connectivity index (χ1v) is 0.